The lowest BCUT2D eigenvalue weighted by molar-refractivity contribution is 0.217. The van der Waals surface area contributed by atoms with E-state index in [-0.39, 0.29) is 5.82 Å². The molecule has 82 valence electrons. The first kappa shape index (κ1) is 10.6. The zero-order valence-electron chi connectivity index (χ0n) is 9.04. The lowest BCUT2D eigenvalue weighted by Gasteiger charge is -2.31. The van der Waals surface area contributed by atoms with E-state index in [1.165, 1.54) is 6.07 Å². The molecule has 0 unspecified atom stereocenters. The van der Waals surface area contributed by atoms with Crippen LogP contribution in [0.2, 0.25) is 0 Å². The van der Waals surface area contributed by atoms with E-state index in [4.69, 9.17) is 0 Å². The summed E-state index contributed by atoms with van der Waals surface area (Å²) in [4.78, 5) is 2.18. The summed E-state index contributed by atoms with van der Waals surface area (Å²) >= 11 is 0. The summed E-state index contributed by atoms with van der Waals surface area (Å²) in [6, 6.07) is 6.99. The Morgan fingerprint density at radius 3 is 2.73 bits per heavy atom. The average Bonchev–Trinajstić information content (AvgIpc) is 2.16. The second kappa shape index (κ2) is 4.73. The van der Waals surface area contributed by atoms with Crippen molar-refractivity contribution in [3.05, 3.63) is 35.6 Å². The van der Waals surface area contributed by atoms with Crippen LogP contribution in [0, 0.1) is 11.7 Å². The summed E-state index contributed by atoms with van der Waals surface area (Å²) in [5.74, 6) is 0.637. The molecule has 0 amide bonds. The van der Waals surface area contributed by atoms with Crippen LogP contribution in [-0.4, -0.2) is 31.6 Å². The van der Waals surface area contributed by atoms with E-state index in [1.807, 2.05) is 19.2 Å². The second-order valence-electron chi connectivity index (χ2n) is 4.31. The molecule has 1 aromatic carbocycles. The number of hydrogen-bond donors (Lipinski definition) is 1. The van der Waals surface area contributed by atoms with Gasteiger partial charge in [-0.1, -0.05) is 18.2 Å². The van der Waals surface area contributed by atoms with Gasteiger partial charge in [0.15, 0.2) is 0 Å². The maximum Gasteiger partial charge on any atom is 0.127 e. The normalized spacial score (nSPS) is 16.7. The molecule has 1 fully saturated rings. The van der Waals surface area contributed by atoms with Gasteiger partial charge in [0.1, 0.15) is 5.82 Å². The Bertz CT molecular complexity index is 323. The summed E-state index contributed by atoms with van der Waals surface area (Å²) in [7, 11) is 2.05. The number of nitrogens with one attached hydrogen (secondary N) is 1. The topological polar surface area (TPSA) is 15.3 Å². The Labute approximate surface area is 90.1 Å². The largest absolute Gasteiger partial charge is 0.316 e. The zero-order valence-corrected chi connectivity index (χ0v) is 9.04. The molecule has 2 nitrogen and oxygen atoms in total. The van der Waals surface area contributed by atoms with Gasteiger partial charge in [-0.05, 0) is 19.0 Å². The Balaban J connectivity index is 1.87. The van der Waals surface area contributed by atoms with Gasteiger partial charge in [0, 0.05) is 31.7 Å². The highest BCUT2D eigenvalue weighted by atomic mass is 19.1. The molecular weight excluding hydrogens is 191 g/mol. The van der Waals surface area contributed by atoms with Crippen molar-refractivity contribution in [1.82, 2.24) is 10.2 Å². The van der Waals surface area contributed by atoms with Gasteiger partial charge in [0.2, 0.25) is 0 Å². The Kier molecular flexibility index (Phi) is 3.34. The van der Waals surface area contributed by atoms with Crippen LogP contribution in [0.15, 0.2) is 24.3 Å². The molecule has 0 spiro atoms. The highest BCUT2D eigenvalue weighted by molar-refractivity contribution is 5.16. The summed E-state index contributed by atoms with van der Waals surface area (Å²) in [5, 5.41) is 3.24. The van der Waals surface area contributed by atoms with Gasteiger partial charge in [0.25, 0.3) is 0 Å². The van der Waals surface area contributed by atoms with E-state index in [0.29, 0.717) is 6.54 Å². The highest BCUT2D eigenvalue weighted by Gasteiger charge is 2.18. The minimum Gasteiger partial charge on any atom is -0.316 e. The standard InChI is InChI=1S/C12H17FN2/c1-15(8-10-6-14-7-10)9-11-4-2-3-5-12(11)13/h2-5,10,14H,6-9H2,1H3. The van der Waals surface area contributed by atoms with Crippen LogP contribution in [0.1, 0.15) is 5.56 Å². The van der Waals surface area contributed by atoms with Crippen LogP contribution in [0.25, 0.3) is 0 Å². The van der Waals surface area contributed by atoms with Crippen LogP contribution in [0.5, 0.6) is 0 Å². The van der Waals surface area contributed by atoms with Crippen molar-refractivity contribution in [2.24, 2.45) is 5.92 Å². The van der Waals surface area contributed by atoms with E-state index >= 15 is 0 Å². The van der Waals surface area contributed by atoms with Gasteiger partial charge in [-0.2, -0.15) is 0 Å². The molecule has 1 heterocycles. The van der Waals surface area contributed by atoms with Crippen LogP contribution in [0.3, 0.4) is 0 Å². The third-order valence-corrected chi connectivity index (χ3v) is 2.83. The molecule has 1 N–H and O–H groups in total. The van der Waals surface area contributed by atoms with Gasteiger partial charge in [0.05, 0.1) is 0 Å². The van der Waals surface area contributed by atoms with E-state index in [1.54, 1.807) is 6.07 Å². The molecule has 0 radical (unpaired) electrons. The lowest BCUT2D eigenvalue weighted by atomic mass is 10.0. The molecule has 0 aromatic heterocycles. The molecule has 1 aromatic rings. The van der Waals surface area contributed by atoms with Crippen molar-refractivity contribution in [3.63, 3.8) is 0 Å². The van der Waals surface area contributed by atoms with Crippen molar-refractivity contribution in [2.75, 3.05) is 26.7 Å². The first-order chi connectivity index (χ1) is 7.25. The van der Waals surface area contributed by atoms with Crippen LogP contribution >= 0.6 is 0 Å². The molecule has 1 aliphatic rings. The van der Waals surface area contributed by atoms with E-state index in [9.17, 15) is 4.39 Å². The predicted octanol–water partition coefficient (Wildman–Crippen LogP) is 1.48. The monoisotopic (exact) mass is 208 g/mol. The maximum atomic E-state index is 13.3. The smallest absolute Gasteiger partial charge is 0.127 e. The maximum absolute atomic E-state index is 13.3. The van der Waals surface area contributed by atoms with Crippen LogP contribution < -0.4 is 5.32 Å². The molecule has 0 atom stereocenters. The summed E-state index contributed by atoms with van der Waals surface area (Å²) in [6.45, 7) is 3.94. The molecule has 1 saturated heterocycles. The fraction of sp³-hybridized carbons (Fsp3) is 0.500. The minimum absolute atomic E-state index is 0.101. The highest BCUT2D eigenvalue weighted by Crippen LogP contribution is 2.11. The third-order valence-electron chi connectivity index (χ3n) is 2.83. The van der Waals surface area contributed by atoms with Crippen molar-refractivity contribution >= 4 is 0 Å². The number of nitrogens with zero attached hydrogens (tertiary/aromatic N) is 1. The second-order valence-corrected chi connectivity index (χ2v) is 4.31. The quantitative estimate of drug-likeness (QED) is 0.806. The fourth-order valence-corrected chi connectivity index (χ4v) is 1.90. The summed E-state index contributed by atoms with van der Waals surface area (Å²) in [5.41, 5.74) is 0.785. The first-order valence-corrected chi connectivity index (χ1v) is 5.38. The van der Waals surface area contributed by atoms with Crippen molar-refractivity contribution in [1.29, 1.82) is 0 Å². The van der Waals surface area contributed by atoms with Crippen molar-refractivity contribution in [3.8, 4) is 0 Å². The number of halogens is 1. The molecule has 3 heteroatoms. The van der Waals surface area contributed by atoms with Gasteiger partial charge >= 0.3 is 0 Å². The molecule has 0 bridgehead atoms. The Morgan fingerprint density at radius 1 is 1.40 bits per heavy atom. The molecular formula is C12H17FN2. The molecule has 0 aliphatic carbocycles. The summed E-state index contributed by atoms with van der Waals surface area (Å²) in [6.07, 6.45) is 0. The zero-order chi connectivity index (χ0) is 10.7. The van der Waals surface area contributed by atoms with Crippen molar-refractivity contribution in [2.45, 2.75) is 6.54 Å². The third kappa shape index (κ3) is 2.76. The Morgan fingerprint density at radius 2 is 2.13 bits per heavy atom. The van der Waals surface area contributed by atoms with E-state index < -0.39 is 0 Å². The first-order valence-electron chi connectivity index (χ1n) is 5.38. The SMILES string of the molecule is CN(Cc1ccccc1F)CC1CNC1. The lowest BCUT2D eigenvalue weighted by Crippen LogP contribution is -2.47. The number of hydrogen-bond acceptors (Lipinski definition) is 2. The van der Waals surface area contributed by atoms with E-state index in [2.05, 4.69) is 10.2 Å². The van der Waals surface area contributed by atoms with Gasteiger partial charge in [-0.3, -0.25) is 0 Å². The van der Waals surface area contributed by atoms with E-state index in [0.717, 1.165) is 31.1 Å². The van der Waals surface area contributed by atoms with Gasteiger partial charge in [-0.25, -0.2) is 4.39 Å². The number of benzene rings is 1. The average molecular weight is 208 g/mol. The van der Waals surface area contributed by atoms with Crippen LogP contribution in [-0.2, 0) is 6.54 Å². The molecule has 1 aliphatic heterocycles. The molecule has 15 heavy (non-hydrogen) atoms. The number of rotatable bonds is 4. The van der Waals surface area contributed by atoms with Gasteiger partial charge < -0.3 is 10.2 Å². The molecule has 2 rings (SSSR count). The van der Waals surface area contributed by atoms with Crippen LogP contribution in [0.4, 0.5) is 4.39 Å². The summed E-state index contributed by atoms with van der Waals surface area (Å²) < 4.78 is 13.3. The minimum atomic E-state index is -0.101. The predicted molar refractivity (Wildman–Crippen MR) is 59.1 cm³/mol. The van der Waals surface area contributed by atoms with Gasteiger partial charge in [-0.15, -0.1) is 0 Å². The fourth-order valence-electron chi connectivity index (χ4n) is 1.90. The Hall–Kier alpha value is -0.930. The van der Waals surface area contributed by atoms with Crippen molar-refractivity contribution < 1.29 is 4.39 Å². The molecule has 0 saturated carbocycles.